The maximum Gasteiger partial charge on any atom is 0.246 e. The lowest BCUT2D eigenvalue weighted by Crippen LogP contribution is -2.55. The van der Waals surface area contributed by atoms with Crippen molar-refractivity contribution in [1.29, 1.82) is 0 Å². The van der Waals surface area contributed by atoms with E-state index in [4.69, 9.17) is 0 Å². The van der Waals surface area contributed by atoms with Crippen molar-refractivity contribution in [3.8, 4) is 0 Å². The molecule has 0 saturated carbocycles. The van der Waals surface area contributed by atoms with Crippen LogP contribution in [0.1, 0.15) is 11.5 Å². The monoisotopic (exact) mass is 229 g/mol. The zero-order chi connectivity index (χ0) is 11.8. The highest BCUT2D eigenvalue weighted by Gasteiger charge is 2.41. The van der Waals surface area contributed by atoms with Gasteiger partial charge in [-0.1, -0.05) is 30.3 Å². The first-order chi connectivity index (χ1) is 8.27. The summed E-state index contributed by atoms with van der Waals surface area (Å²) in [4.78, 5) is 29.7. The minimum Gasteiger partial charge on any atom is -0.295 e. The Morgan fingerprint density at radius 2 is 2.00 bits per heavy atom. The first-order valence-electron chi connectivity index (χ1n) is 5.49. The number of nitrogens with one attached hydrogen (secondary N) is 1. The molecular weight excluding hydrogens is 218 g/mol. The fraction of sp³-hybridized carbons (Fsp3) is 0.250. The van der Waals surface area contributed by atoms with Crippen LogP contribution in [0.5, 0.6) is 0 Å². The molecule has 2 aliphatic heterocycles. The van der Waals surface area contributed by atoms with Gasteiger partial charge in [0, 0.05) is 6.54 Å². The Morgan fingerprint density at radius 1 is 1.24 bits per heavy atom. The van der Waals surface area contributed by atoms with Gasteiger partial charge in [0.15, 0.2) is 0 Å². The molecule has 86 valence electrons. The molecule has 0 aromatic heterocycles. The first kappa shape index (κ1) is 10.0. The molecule has 1 aromatic carbocycles. The van der Waals surface area contributed by atoms with E-state index in [1.807, 2.05) is 18.2 Å². The number of rotatable bonds is 1. The van der Waals surface area contributed by atoms with E-state index in [-0.39, 0.29) is 11.8 Å². The molecule has 2 amide bonds. The minimum absolute atomic E-state index is 0.184. The van der Waals surface area contributed by atoms with E-state index < -0.39 is 5.92 Å². The van der Waals surface area contributed by atoms with E-state index >= 15 is 0 Å². The van der Waals surface area contributed by atoms with Crippen LogP contribution in [-0.4, -0.2) is 35.8 Å². The average molecular weight is 229 g/mol. The number of fused-ring (bicyclic) bond motifs is 1. The van der Waals surface area contributed by atoms with Crippen molar-refractivity contribution in [2.45, 2.75) is 5.92 Å². The third-order valence-corrected chi connectivity index (χ3v) is 2.98. The first-order valence-corrected chi connectivity index (χ1v) is 5.49. The lowest BCUT2D eigenvalue weighted by Gasteiger charge is -2.29. The molecule has 0 bridgehead atoms. The summed E-state index contributed by atoms with van der Waals surface area (Å²) in [5.41, 5.74) is 0.723. The Labute approximate surface area is 98.1 Å². The highest BCUT2D eigenvalue weighted by Crippen LogP contribution is 2.23. The summed E-state index contributed by atoms with van der Waals surface area (Å²) in [7, 11) is 0. The van der Waals surface area contributed by atoms with Gasteiger partial charge < -0.3 is 0 Å². The van der Waals surface area contributed by atoms with Gasteiger partial charge in [0.25, 0.3) is 0 Å². The molecule has 1 unspecified atom stereocenters. The fourth-order valence-corrected chi connectivity index (χ4v) is 2.16. The normalized spacial score (nSPS) is 23.2. The summed E-state index contributed by atoms with van der Waals surface area (Å²) in [6.45, 7) is 1.11. The van der Waals surface area contributed by atoms with Crippen molar-refractivity contribution in [1.82, 2.24) is 10.2 Å². The molecule has 1 atom stereocenters. The SMILES string of the molecule is O=C1NC2=NCCN2C(=O)C1c1ccccc1. The van der Waals surface area contributed by atoms with E-state index in [1.54, 1.807) is 17.0 Å². The summed E-state index contributed by atoms with van der Waals surface area (Å²) in [5, 5.41) is 2.67. The van der Waals surface area contributed by atoms with Gasteiger partial charge >= 0.3 is 0 Å². The van der Waals surface area contributed by atoms with Crippen molar-refractivity contribution in [3.05, 3.63) is 35.9 Å². The quantitative estimate of drug-likeness (QED) is 0.694. The Kier molecular flexibility index (Phi) is 2.18. The smallest absolute Gasteiger partial charge is 0.246 e. The van der Waals surface area contributed by atoms with E-state index in [9.17, 15) is 9.59 Å². The molecular formula is C12H11N3O2. The van der Waals surface area contributed by atoms with Gasteiger partial charge in [-0.15, -0.1) is 0 Å². The van der Waals surface area contributed by atoms with Crippen molar-refractivity contribution < 1.29 is 9.59 Å². The molecule has 1 aromatic rings. The van der Waals surface area contributed by atoms with Gasteiger partial charge in [0.2, 0.25) is 17.8 Å². The summed E-state index contributed by atoms with van der Waals surface area (Å²) in [6.07, 6.45) is 0. The molecule has 5 heteroatoms. The topological polar surface area (TPSA) is 61.8 Å². The van der Waals surface area contributed by atoms with Crippen molar-refractivity contribution in [3.63, 3.8) is 0 Å². The number of carbonyl (C=O) groups is 2. The van der Waals surface area contributed by atoms with E-state index in [0.717, 1.165) is 5.56 Å². The van der Waals surface area contributed by atoms with Crippen LogP contribution < -0.4 is 5.32 Å². The van der Waals surface area contributed by atoms with Gasteiger partial charge in [-0.3, -0.25) is 24.8 Å². The maximum atomic E-state index is 12.2. The number of carbonyl (C=O) groups excluding carboxylic acids is 2. The second-order valence-corrected chi connectivity index (χ2v) is 4.03. The van der Waals surface area contributed by atoms with Crippen LogP contribution >= 0.6 is 0 Å². The predicted molar refractivity (Wildman–Crippen MR) is 61.3 cm³/mol. The lowest BCUT2D eigenvalue weighted by molar-refractivity contribution is -0.137. The largest absolute Gasteiger partial charge is 0.295 e. The number of amides is 2. The molecule has 2 heterocycles. The summed E-state index contributed by atoms with van der Waals surface area (Å²) in [6, 6.07) is 9.09. The van der Waals surface area contributed by atoms with Crippen LogP contribution in [-0.2, 0) is 9.59 Å². The Bertz CT molecular complexity index is 510. The van der Waals surface area contributed by atoms with Crippen LogP contribution in [0.4, 0.5) is 0 Å². The number of nitrogens with zero attached hydrogens (tertiary/aromatic N) is 2. The van der Waals surface area contributed by atoms with Crippen LogP contribution in [0.25, 0.3) is 0 Å². The molecule has 2 aliphatic rings. The van der Waals surface area contributed by atoms with Gasteiger partial charge in [-0.2, -0.15) is 0 Å². The fourth-order valence-electron chi connectivity index (χ4n) is 2.16. The molecule has 17 heavy (non-hydrogen) atoms. The summed E-state index contributed by atoms with van der Waals surface area (Å²) in [5.74, 6) is -0.824. The molecule has 0 aliphatic carbocycles. The maximum absolute atomic E-state index is 12.2. The minimum atomic E-state index is -0.742. The summed E-state index contributed by atoms with van der Waals surface area (Å²) >= 11 is 0. The second-order valence-electron chi connectivity index (χ2n) is 4.03. The van der Waals surface area contributed by atoms with Crippen LogP contribution in [0.3, 0.4) is 0 Å². The van der Waals surface area contributed by atoms with Crippen LogP contribution in [0, 0.1) is 0 Å². The molecule has 5 nitrogen and oxygen atoms in total. The molecule has 1 N–H and O–H groups in total. The molecule has 0 radical (unpaired) electrons. The number of benzene rings is 1. The standard InChI is InChI=1S/C12H11N3O2/c16-10-9(8-4-2-1-3-5-8)11(17)15-7-6-13-12(15)14-10/h1-5,9H,6-7H2,(H,13,14,16). The second kappa shape index (κ2) is 3.69. The Morgan fingerprint density at radius 3 is 2.76 bits per heavy atom. The zero-order valence-corrected chi connectivity index (χ0v) is 9.09. The van der Waals surface area contributed by atoms with E-state index in [2.05, 4.69) is 10.3 Å². The van der Waals surface area contributed by atoms with Crippen molar-refractivity contribution in [2.24, 2.45) is 4.99 Å². The number of hydrogen-bond acceptors (Lipinski definition) is 3. The van der Waals surface area contributed by atoms with E-state index in [1.165, 1.54) is 0 Å². The Hall–Kier alpha value is -2.17. The predicted octanol–water partition coefficient (Wildman–Crippen LogP) is 0.0982. The molecule has 3 rings (SSSR count). The third-order valence-electron chi connectivity index (χ3n) is 2.98. The molecule has 1 fully saturated rings. The Balaban J connectivity index is 1.98. The highest BCUT2D eigenvalue weighted by atomic mass is 16.2. The third kappa shape index (κ3) is 1.51. The summed E-state index contributed by atoms with van der Waals surface area (Å²) < 4.78 is 0. The number of hydrogen-bond donors (Lipinski definition) is 1. The van der Waals surface area contributed by atoms with Crippen molar-refractivity contribution >= 4 is 17.8 Å². The van der Waals surface area contributed by atoms with Crippen LogP contribution in [0.2, 0.25) is 0 Å². The molecule has 1 saturated heterocycles. The number of guanidine groups is 1. The van der Waals surface area contributed by atoms with Gasteiger partial charge in [0.05, 0.1) is 6.54 Å². The molecule has 0 spiro atoms. The highest BCUT2D eigenvalue weighted by molar-refractivity contribution is 6.21. The van der Waals surface area contributed by atoms with Gasteiger partial charge in [0.1, 0.15) is 5.92 Å². The zero-order valence-electron chi connectivity index (χ0n) is 9.09. The van der Waals surface area contributed by atoms with Gasteiger partial charge in [-0.25, -0.2) is 0 Å². The number of aliphatic imine (C=N–C) groups is 1. The van der Waals surface area contributed by atoms with Crippen LogP contribution in [0.15, 0.2) is 35.3 Å². The lowest BCUT2D eigenvalue weighted by atomic mass is 9.95. The van der Waals surface area contributed by atoms with E-state index in [0.29, 0.717) is 19.0 Å². The average Bonchev–Trinajstić information content (AvgIpc) is 2.78. The van der Waals surface area contributed by atoms with Crippen molar-refractivity contribution in [2.75, 3.05) is 13.1 Å². The van der Waals surface area contributed by atoms with Gasteiger partial charge in [-0.05, 0) is 5.56 Å².